The number of nitrogens with zero attached hydrogens (tertiary/aromatic N) is 5. The summed E-state index contributed by atoms with van der Waals surface area (Å²) in [6.07, 6.45) is 1.60. The van der Waals surface area contributed by atoms with E-state index in [4.69, 9.17) is 16.0 Å². The number of carbonyl (C=O) groups excluding carboxylic acids is 1. The number of rotatable bonds is 6. The van der Waals surface area contributed by atoms with Gasteiger partial charge in [0, 0.05) is 5.02 Å². The number of furan rings is 1. The monoisotopic (exact) mass is 446 g/mol. The molecule has 0 bridgehead atoms. The Kier molecular flexibility index (Phi) is 5.65. The van der Waals surface area contributed by atoms with E-state index in [1.807, 2.05) is 42.7 Å². The van der Waals surface area contributed by atoms with E-state index in [0.29, 0.717) is 21.1 Å². The van der Waals surface area contributed by atoms with Gasteiger partial charge in [-0.2, -0.15) is 0 Å². The lowest BCUT2D eigenvalue weighted by Gasteiger charge is -2.10. The third kappa shape index (κ3) is 4.34. The van der Waals surface area contributed by atoms with Crippen LogP contribution < -0.4 is 5.32 Å². The van der Waals surface area contributed by atoms with E-state index < -0.39 is 0 Å². The number of benzene rings is 1. The van der Waals surface area contributed by atoms with Crippen molar-refractivity contribution in [3.8, 4) is 17.1 Å². The number of hydrogen-bond acceptors (Lipinski definition) is 8. The first kappa shape index (κ1) is 19.6. The first-order valence-electron chi connectivity index (χ1n) is 8.50. The lowest BCUT2D eigenvalue weighted by Crippen LogP contribution is -2.14. The second-order valence-corrected chi connectivity index (χ2v) is 8.54. The average molecular weight is 447 g/mol. The minimum absolute atomic E-state index is 0.141. The minimum Gasteiger partial charge on any atom is -0.469 e. The summed E-state index contributed by atoms with van der Waals surface area (Å²) in [5.74, 6) is 1.28. The van der Waals surface area contributed by atoms with Crippen molar-refractivity contribution in [2.45, 2.75) is 19.0 Å². The van der Waals surface area contributed by atoms with E-state index in [0.717, 1.165) is 22.0 Å². The first-order chi connectivity index (χ1) is 14.0. The number of hydrogen-bond donors (Lipinski definition) is 1. The molecule has 0 spiro atoms. The fourth-order valence-corrected chi connectivity index (χ4v) is 4.18. The molecule has 3 heterocycles. The molecule has 0 atom stereocenters. The molecule has 0 radical (unpaired) electrons. The summed E-state index contributed by atoms with van der Waals surface area (Å²) >= 11 is 8.77. The molecule has 0 aliphatic heterocycles. The molecule has 1 aromatic carbocycles. The molecule has 1 N–H and O–H groups in total. The van der Waals surface area contributed by atoms with Crippen LogP contribution in [0, 0.1) is 13.8 Å². The molecule has 4 aromatic rings. The van der Waals surface area contributed by atoms with Crippen molar-refractivity contribution in [1.29, 1.82) is 0 Å². The zero-order valence-corrected chi connectivity index (χ0v) is 17.8. The summed E-state index contributed by atoms with van der Waals surface area (Å²) in [7, 11) is 0. The van der Waals surface area contributed by atoms with Gasteiger partial charge in [-0.05, 0) is 38.1 Å². The molecule has 4 rings (SSSR count). The molecule has 29 heavy (non-hydrogen) atoms. The van der Waals surface area contributed by atoms with Crippen LogP contribution in [-0.4, -0.2) is 36.6 Å². The fourth-order valence-electron chi connectivity index (χ4n) is 2.64. The predicted molar refractivity (Wildman–Crippen MR) is 113 cm³/mol. The van der Waals surface area contributed by atoms with Crippen LogP contribution in [0.1, 0.15) is 10.8 Å². The quantitative estimate of drug-likeness (QED) is 0.439. The molecule has 3 aromatic heterocycles. The maximum Gasteiger partial charge on any atom is 0.236 e. The van der Waals surface area contributed by atoms with Gasteiger partial charge in [-0.3, -0.25) is 14.7 Å². The summed E-state index contributed by atoms with van der Waals surface area (Å²) in [6, 6.07) is 9.20. The lowest BCUT2D eigenvalue weighted by atomic mass is 10.2. The first-order valence-corrected chi connectivity index (χ1v) is 10.7. The number of nitrogens with one attached hydrogen (secondary N) is 1. The summed E-state index contributed by atoms with van der Waals surface area (Å²) in [4.78, 5) is 12.3. The van der Waals surface area contributed by atoms with E-state index in [1.165, 1.54) is 23.1 Å². The van der Waals surface area contributed by atoms with Crippen molar-refractivity contribution < 1.29 is 9.21 Å². The summed E-state index contributed by atoms with van der Waals surface area (Å²) < 4.78 is 7.28. The predicted octanol–water partition coefficient (Wildman–Crippen LogP) is 4.38. The normalized spacial score (nSPS) is 11.0. The minimum atomic E-state index is -0.201. The van der Waals surface area contributed by atoms with Gasteiger partial charge >= 0.3 is 0 Å². The van der Waals surface area contributed by atoms with Gasteiger partial charge in [0.15, 0.2) is 11.0 Å². The number of carbonyl (C=O) groups is 1. The van der Waals surface area contributed by atoms with E-state index in [9.17, 15) is 4.79 Å². The average Bonchev–Trinajstić information content (AvgIpc) is 3.40. The van der Waals surface area contributed by atoms with Crippen LogP contribution in [0.25, 0.3) is 17.1 Å². The molecule has 0 saturated heterocycles. The highest BCUT2D eigenvalue weighted by atomic mass is 35.5. The lowest BCUT2D eigenvalue weighted by molar-refractivity contribution is -0.113. The SMILES string of the molecule is Cc1nnc(NC(=O)CSc2nnc(-c3ccoc3C)n2-c2cccc(Cl)c2)s1. The van der Waals surface area contributed by atoms with Crippen LogP contribution in [0.2, 0.25) is 5.02 Å². The van der Waals surface area contributed by atoms with Crippen LogP contribution in [0.3, 0.4) is 0 Å². The third-order valence-electron chi connectivity index (χ3n) is 3.90. The van der Waals surface area contributed by atoms with Crippen molar-refractivity contribution in [2.75, 3.05) is 11.1 Å². The van der Waals surface area contributed by atoms with Crippen molar-refractivity contribution in [3.05, 3.63) is 52.4 Å². The Labute approximate surface area is 179 Å². The molecule has 0 saturated carbocycles. The number of aryl methyl sites for hydroxylation is 2. The molecule has 0 aliphatic carbocycles. The molecular weight excluding hydrogens is 432 g/mol. The number of anilines is 1. The molecular formula is C18H15ClN6O2S2. The van der Waals surface area contributed by atoms with Gasteiger partial charge in [-0.25, -0.2) is 0 Å². The topological polar surface area (TPSA) is 98.7 Å². The second kappa shape index (κ2) is 8.36. The molecule has 11 heteroatoms. The number of thioether (sulfide) groups is 1. The summed E-state index contributed by atoms with van der Waals surface area (Å²) in [5, 5.41) is 21.6. The zero-order chi connectivity index (χ0) is 20.4. The van der Waals surface area contributed by atoms with Crippen LogP contribution in [0.4, 0.5) is 5.13 Å². The zero-order valence-electron chi connectivity index (χ0n) is 15.4. The number of aromatic nitrogens is 5. The van der Waals surface area contributed by atoms with Crippen LogP contribution in [-0.2, 0) is 4.79 Å². The number of halogens is 1. The van der Waals surface area contributed by atoms with Crippen molar-refractivity contribution in [3.63, 3.8) is 0 Å². The van der Waals surface area contributed by atoms with Crippen molar-refractivity contribution >= 4 is 45.7 Å². The molecule has 0 unspecified atom stereocenters. The van der Waals surface area contributed by atoms with E-state index in [2.05, 4.69) is 25.7 Å². The van der Waals surface area contributed by atoms with Gasteiger partial charge in [-0.15, -0.1) is 20.4 Å². The second-order valence-electron chi connectivity index (χ2n) is 5.98. The van der Waals surface area contributed by atoms with Crippen LogP contribution in [0.5, 0.6) is 0 Å². The Balaban J connectivity index is 1.62. The highest BCUT2D eigenvalue weighted by Gasteiger charge is 2.20. The Hall–Kier alpha value is -2.69. The standard InChI is InChI=1S/C18H15ClN6O2S2/c1-10-14(6-7-27-10)16-22-24-18(25(16)13-5-3-4-12(19)8-13)28-9-15(26)20-17-23-21-11(2)29-17/h3-8H,9H2,1-2H3,(H,20,23,26). The van der Waals surface area contributed by atoms with Crippen LogP contribution >= 0.6 is 34.7 Å². The van der Waals surface area contributed by atoms with Crippen molar-refractivity contribution in [2.24, 2.45) is 0 Å². The molecule has 8 nitrogen and oxygen atoms in total. The highest BCUT2D eigenvalue weighted by molar-refractivity contribution is 7.99. The third-order valence-corrected chi connectivity index (χ3v) is 5.82. The van der Waals surface area contributed by atoms with Gasteiger partial charge in [0.2, 0.25) is 11.0 Å². The molecule has 0 aliphatic rings. The Morgan fingerprint density at radius 3 is 2.79 bits per heavy atom. The van der Waals surface area contributed by atoms with Gasteiger partial charge in [0.25, 0.3) is 0 Å². The summed E-state index contributed by atoms with van der Waals surface area (Å²) in [5.41, 5.74) is 1.61. The highest BCUT2D eigenvalue weighted by Crippen LogP contribution is 2.31. The largest absolute Gasteiger partial charge is 0.469 e. The van der Waals surface area contributed by atoms with Gasteiger partial charge < -0.3 is 4.42 Å². The van der Waals surface area contributed by atoms with E-state index >= 15 is 0 Å². The van der Waals surface area contributed by atoms with Gasteiger partial charge in [0.1, 0.15) is 10.8 Å². The van der Waals surface area contributed by atoms with Gasteiger partial charge in [-0.1, -0.05) is 40.8 Å². The van der Waals surface area contributed by atoms with Crippen molar-refractivity contribution in [1.82, 2.24) is 25.0 Å². The molecule has 148 valence electrons. The fraction of sp³-hybridized carbons (Fsp3) is 0.167. The summed E-state index contributed by atoms with van der Waals surface area (Å²) in [6.45, 7) is 3.69. The smallest absolute Gasteiger partial charge is 0.236 e. The molecule has 0 fully saturated rings. The number of amides is 1. The maximum atomic E-state index is 12.3. The Morgan fingerprint density at radius 1 is 1.24 bits per heavy atom. The Bertz CT molecular complexity index is 1170. The molecule has 1 amide bonds. The van der Waals surface area contributed by atoms with Crippen LogP contribution in [0.15, 0.2) is 46.2 Å². The Morgan fingerprint density at radius 2 is 2.10 bits per heavy atom. The van der Waals surface area contributed by atoms with Gasteiger partial charge in [0.05, 0.1) is 23.3 Å². The van der Waals surface area contributed by atoms with E-state index in [-0.39, 0.29) is 11.7 Å². The maximum absolute atomic E-state index is 12.3. The van der Waals surface area contributed by atoms with E-state index in [1.54, 1.807) is 12.3 Å².